The zero-order valence-electron chi connectivity index (χ0n) is 9.48. The van der Waals surface area contributed by atoms with Crippen molar-refractivity contribution in [3.8, 4) is 0 Å². The minimum atomic E-state index is -3.23. The highest BCUT2D eigenvalue weighted by atomic mass is 79.9. The van der Waals surface area contributed by atoms with E-state index in [2.05, 4.69) is 22.9 Å². The molecule has 0 aliphatic carbocycles. The lowest BCUT2D eigenvalue weighted by atomic mass is 9.93. The Balaban J connectivity index is 2.78. The third-order valence-electron chi connectivity index (χ3n) is 2.72. The summed E-state index contributed by atoms with van der Waals surface area (Å²) in [6, 6.07) is 0. The molecule has 1 heterocycles. The standard InChI is InChI=1S/C9H19BrN2O2S/c1-8-4-9(5-10)7-12(6-8)15(13,14)11(2)3/h8-9H,4-7H2,1-3H3. The van der Waals surface area contributed by atoms with Gasteiger partial charge in [0.25, 0.3) is 10.2 Å². The minimum absolute atomic E-state index is 0.434. The Hall–Kier alpha value is 0.350. The summed E-state index contributed by atoms with van der Waals surface area (Å²) in [6.45, 7) is 3.38. The highest BCUT2D eigenvalue weighted by Crippen LogP contribution is 2.25. The largest absolute Gasteiger partial charge is 0.281 e. The van der Waals surface area contributed by atoms with Crippen LogP contribution in [-0.4, -0.2) is 49.5 Å². The van der Waals surface area contributed by atoms with Crippen molar-refractivity contribution in [3.63, 3.8) is 0 Å². The van der Waals surface area contributed by atoms with E-state index in [4.69, 9.17) is 0 Å². The second-order valence-corrected chi connectivity index (χ2v) is 7.26. The predicted molar refractivity (Wildman–Crippen MR) is 65.2 cm³/mol. The molecule has 0 aromatic heterocycles. The molecule has 0 radical (unpaired) electrons. The maximum absolute atomic E-state index is 11.9. The molecule has 4 nitrogen and oxygen atoms in total. The average Bonchev–Trinajstić information content (AvgIpc) is 2.16. The van der Waals surface area contributed by atoms with Crippen LogP contribution in [-0.2, 0) is 10.2 Å². The first kappa shape index (κ1) is 13.4. The molecule has 0 N–H and O–H groups in total. The van der Waals surface area contributed by atoms with Crippen LogP contribution >= 0.6 is 15.9 Å². The lowest BCUT2D eigenvalue weighted by molar-refractivity contribution is 0.217. The van der Waals surface area contributed by atoms with Gasteiger partial charge in [0, 0.05) is 32.5 Å². The fourth-order valence-electron chi connectivity index (χ4n) is 1.96. The molecule has 2 unspecified atom stereocenters. The van der Waals surface area contributed by atoms with E-state index in [1.165, 1.54) is 4.31 Å². The molecule has 90 valence electrons. The van der Waals surface area contributed by atoms with E-state index >= 15 is 0 Å². The summed E-state index contributed by atoms with van der Waals surface area (Å²) in [5.41, 5.74) is 0. The van der Waals surface area contributed by atoms with E-state index in [1.54, 1.807) is 18.4 Å². The number of halogens is 1. The molecule has 0 aromatic rings. The number of alkyl halides is 1. The number of piperidine rings is 1. The summed E-state index contributed by atoms with van der Waals surface area (Å²) in [5.74, 6) is 0.875. The molecule has 0 spiro atoms. The van der Waals surface area contributed by atoms with Gasteiger partial charge in [-0.25, -0.2) is 0 Å². The second kappa shape index (κ2) is 5.12. The summed E-state index contributed by atoms with van der Waals surface area (Å²) in [7, 11) is -0.0679. The summed E-state index contributed by atoms with van der Waals surface area (Å²) < 4.78 is 26.7. The van der Waals surface area contributed by atoms with Crippen LogP contribution in [0.5, 0.6) is 0 Å². The van der Waals surface area contributed by atoms with Crippen LogP contribution in [0.4, 0.5) is 0 Å². The van der Waals surface area contributed by atoms with Gasteiger partial charge in [-0.15, -0.1) is 0 Å². The topological polar surface area (TPSA) is 40.6 Å². The van der Waals surface area contributed by atoms with E-state index in [-0.39, 0.29) is 0 Å². The maximum atomic E-state index is 11.9. The lowest BCUT2D eigenvalue weighted by Crippen LogP contribution is -2.48. The van der Waals surface area contributed by atoms with Crippen LogP contribution in [0, 0.1) is 11.8 Å². The van der Waals surface area contributed by atoms with Gasteiger partial charge in [-0.2, -0.15) is 17.0 Å². The van der Waals surface area contributed by atoms with E-state index in [9.17, 15) is 8.42 Å². The molecule has 0 aromatic carbocycles. The van der Waals surface area contributed by atoms with Gasteiger partial charge >= 0.3 is 0 Å². The minimum Gasteiger partial charge on any atom is -0.195 e. The average molecular weight is 299 g/mol. The van der Waals surface area contributed by atoms with Crippen molar-refractivity contribution in [1.82, 2.24) is 8.61 Å². The second-order valence-electron chi connectivity index (χ2n) is 4.47. The Labute approximate surface area is 101 Å². The summed E-state index contributed by atoms with van der Waals surface area (Å²) in [6.07, 6.45) is 1.10. The summed E-state index contributed by atoms with van der Waals surface area (Å²) >= 11 is 3.43. The fraction of sp³-hybridized carbons (Fsp3) is 1.00. The van der Waals surface area contributed by atoms with Crippen molar-refractivity contribution in [2.75, 3.05) is 32.5 Å². The third-order valence-corrected chi connectivity index (χ3v) is 5.51. The van der Waals surface area contributed by atoms with Gasteiger partial charge < -0.3 is 0 Å². The van der Waals surface area contributed by atoms with Crippen molar-refractivity contribution in [1.29, 1.82) is 0 Å². The number of hydrogen-bond acceptors (Lipinski definition) is 2. The van der Waals surface area contributed by atoms with Gasteiger partial charge in [-0.05, 0) is 18.3 Å². The van der Waals surface area contributed by atoms with Gasteiger partial charge in [-0.1, -0.05) is 22.9 Å². The van der Waals surface area contributed by atoms with Crippen LogP contribution in [0.2, 0.25) is 0 Å². The molecular formula is C9H19BrN2O2S. The zero-order valence-corrected chi connectivity index (χ0v) is 11.9. The van der Waals surface area contributed by atoms with E-state index < -0.39 is 10.2 Å². The lowest BCUT2D eigenvalue weighted by Gasteiger charge is -2.36. The Kier molecular flexibility index (Phi) is 4.58. The monoisotopic (exact) mass is 298 g/mol. The number of hydrogen-bond donors (Lipinski definition) is 0. The van der Waals surface area contributed by atoms with Crippen molar-refractivity contribution in [2.45, 2.75) is 13.3 Å². The van der Waals surface area contributed by atoms with Gasteiger partial charge in [-0.3, -0.25) is 0 Å². The number of nitrogens with zero attached hydrogens (tertiary/aromatic N) is 2. The molecule has 1 fully saturated rings. The molecule has 0 amide bonds. The van der Waals surface area contributed by atoms with E-state index in [0.717, 1.165) is 11.8 Å². The normalized spacial score (nSPS) is 29.7. The molecular weight excluding hydrogens is 280 g/mol. The highest BCUT2D eigenvalue weighted by molar-refractivity contribution is 9.09. The number of rotatable bonds is 3. The molecule has 1 aliphatic rings. The molecule has 1 saturated heterocycles. The van der Waals surface area contributed by atoms with Crippen molar-refractivity contribution in [3.05, 3.63) is 0 Å². The van der Waals surface area contributed by atoms with Crippen LogP contribution in [0.3, 0.4) is 0 Å². The first-order valence-electron chi connectivity index (χ1n) is 5.11. The Morgan fingerprint density at radius 3 is 2.47 bits per heavy atom. The Morgan fingerprint density at radius 2 is 2.00 bits per heavy atom. The van der Waals surface area contributed by atoms with Gasteiger partial charge in [0.1, 0.15) is 0 Å². The maximum Gasteiger partial charge on any atom is 0.281 e. The molecule has 2 atom stereocenters. The SMILES string of the molecule is CC1CC(CBr)CN(S(=O)(=O)N(C)C)C1. The smallest absolute Gasteiger partial charge is 0.195 e. The molecule has 0 saturated carbocycles. The Bertz CT molecular complexity index is 305. The van der Waals surface area contributed by atoms with Gasteiger partial charge in [0.05, 0.1) is 0 Å². The van der Waals surface area contributed by atoms with Crippen molar-refractivity contribution in [2.24, 2.45) is 11.8 Å². The quantitative estimate of drug-likeness (QED) is 0.733. The first-order chi connectivity index (χ1) is 6.87. The summed E-state index contributed by atoms with van der Waals surface area (Å²) in [5, 5.41) is 0.872. The van der Waals surface area contributed by atoms with Crippen LogP contribution in [0.15, 0.2) is 0 Å². The predicted octanol–water partition coefficient (Wildman–Crippen LogP) is 1.15. The fourth-order valence-corrected chi connectivity index (χ4v) is 3.73. The van der Waals surface area contributed by atoms with Crippen LogP contribution in [0.1, 0.15) is 13.3 Å². The van der Waals surface area contributed by atoms with Crippen LogP contribution in [0.25, 0.3) is 0 Å². The summed E-state index contributed by atoms with van der Waals surface area (Å²) in [4.78, 5) is 0. The zero-order chi connectivity index (χ0) is 11.6. The van der Waals surface area contributed by atoms with E-state index in [1.807, 2.05) is 0 Å². The Morgan fingerprint density at radius 1 is 1.40 bits per heavy atom. The van der Waals surface area contributed by atoms with Gasteiger partial charge in [0.2, 0.25) is 0 Å². The van der Waals surface area contributed by atoms with Gasteiger partial charge in [0.15, 0.2) is 0 Å². The van der Waals surface area contributed by atoms with Crippen LogP contribution < -0.4 is 0 Å². The first-order valence-corrected chi connectivity index (χ1v) is 7.63. The molecule has 1 aliphatic heterocycles. The molecule has 0 bridgehead atoms. The molecule has 6 heteroatoms. The molecule has 15 heavy (non-hydrogen) atoms. The van der Waals surface area contributed by atoms with Crippen molar-refractivity contribution >= 4 is 26.1 Å². The molecule has 1 rings (SSSR count). The highest BCUT2D eigenvalue weighted by Gasteiger charge is 2.32. The van der Waals surface area contributed by atoms with E-state index in [0.29, 0.717) is 24.9 Å². The van der Waals surface area contributed by atoms with Crippen molar-refractivity contribution < 1.29 is 8.42 Å². The third kappa shape index (κ3) is 3.15.